The largest absolute Gasteiger partial charge is 4.00 e. The minimum atomic E-state index is 0. The smallest absolute Gasteiger partial charge is 0.412 e. The monoisotopic (exact) mass is 188 g/mol. The van der Waals surface area contributed by atoms with E-state index in [1.165, 1.54) is 0 Å². The molecule has 5 nitrogen and oxygen atoms in total. The van der Waals surface area contributed by atoms with Gasteiger partial charge >= 0.3 is 21.1 Å². The molecule has 0 rings (SSSR count). The van der Waals surface area contributed by atoms with E-state index in [0.29, 0.717) is 0 Å². The molecule has 0 atom stereocenters. The molecule has 0 aliphatic rings. The van der Waals surface area contributed by atoms with Crippen LogP contribution in [0.3, 0.4) is 0 Å². The Labute approximate surface area is 49.8 Å². The van der Waals surface area contributed by atoms with Gasteiger partial charge in [-0.2, -0.15) is 0 Å². The predicted molar refractivity (Wildman–Crippen MR) is 20.4 cm³/mol. The van der Waals surface area contributed by atoms with Crippen LogP contribution in [-0.2, 0) is 21.1 Å². The van der Waals surface area contributed by atoms with E-state index in [4.69, 9.17) is 0 Å². The molecule has 6 heteroatoms. The molecule has 12 N–H and O–H groups in total. The van der Waals surface area contributed by atoms with Crippen molar-refractivity contribution in [1.29, 1.82) is 0 Å². The molecule has 0 unspecified atom stereocenters. The normalized spacial score (nSPS) is 0. The fourth-order valence-electron chi connectivity index (χ4n) is 0. The second-order valence-electron chi connectivity index (χ2n) is 0. The summed E-state index contributed by atoms with van der Waals surface area (Å²) in [5, 5.41) is 0. The van der Waals surface area contributed by atoms with Crippen molar-refractivity contribution < 1.29 is 43.0 Å². The predicted octanol–water partition coefficient (Wildman–Crippen LogP) is -2.93. The molecule has 0 saturated heterocycles. The van der Waals surface area contributed by atoms with Gasteiger partial charge in [0.15, 0.2) is 0 Å². The molecule has 0 aromatic rings. The molecule has 0 amide bonds. The van der Waals surface area contributed by atoms with E-state index in [-0.39, 0.29) is 49.1 Å². The average Bonchev–Trinajstić information content (AvgIpc) is 0. The second kappa shape index (κ2) is 464. The number of hydrogen-bond acceptors (Lipinski definition) is 0. The second-order valence-corrected chi connectivity index (χ2v) is 0. The van der Waals surface area contributed by atoms with E-state index >= 15 is 0 Å². The molecule has 0 aliphatic heterocycles. The fraction of sp³-hybridized carbons (Fsp3) is 0. The van der Waals surface area contributed by atoms with Gasteiger partial charge in [0.05, 0.1) is 0 Å². The van der Waals surface area contributed by atoms with Gasteiger partial charge in [0, 0.05) is 0 Å². The maximum Gasteiger partial charge on any atom is 4.00 e. The Bertz CT molecular complexity index is 7.51. The minimum absolute atomic E-state index is 0. The third-order valence-corrected chi connectivity index (χ3v) is 0. The Kier molecular flexibility index (Phi) is 63300. The van der Waals surface area contributed by atoms with Gasteiger partial charge in [-0.25, -0.2) is 0 Å². The summed E-state index contributed by atoms with van der Waals surface area (Å²) in [5.41, 5.74) is 0. The summed E-state index contributed by atoms with van der Waals surface area (Å²) >= 11 is 0. The molecule has 0 saturated carbocycles. The van der Waals surface area contributed by atoms with Crippen LogP contribution >= 0.6 is 0 Å². The topological polar surface area (TPSA) is 162 Å². The van der Waals surface area contributed by atoms with Gasteiger partial charge in [0.25, 0.3) is 0 Å². The van der Waals surface area contributed by atoms with E-state index in [1.807, 2.05) is 0 Å². The quantitative estimate of drug-likeness (QED) is 0.383. The van der Waals surface area contributed by atoms with E-state index in [2.05, 4.69) is 0 Å². The molecule has 0 aromatic carbocycles. The van der Waals surface area contributed by atoms with Gasteiger partial charge in [-0.15, -0.1) is 0 Å². The molecule has 0 spiro atoms. The molecular formula is H12MoNO4+5. The molecule has 0 aromatic heterocycles. The zero-order chi connectivity index (χ0) is 0. The number of rotatable bonds is 0. The standard InChI is InChI=1S/Mo.H3N.4H2O/h;1H3;4*1H2/q+4;;;;;/p+1. The summed E-state index contributed by atoms with van der Waals surface area (Å²) in [6, 6.07) is 0. The van der Waals surface area contributed by atoms with Gasteiger partial charge in [-0.1, -0.05) is 0 Å². The first-order valence-electron chi connectivity index (χ1n) is 0. The third-order valence-electron chi connectivity index (χ3n) is 0. The molecule has 0 aliphatic carbocycles. The van der Waals surface area contributed by atoms with E-state index in [1.54, 1.807) is 0 Å². The van der Waals surface area contributed by atoms with Crippen molar-refractivity contribution in [3.63, 3.8) is 0 Å². The van der Waals surface area contributed by atoms with Crippen LogP contribution in [0.15, 0.2) is 0 Å². The van der Waals surface area contributed by atoms with Crippen molar-refractivity contribution in [3.8, 4) is 0 Å². The Morgan fingerprint density at radius 2 is 0.500 bits per heavy atom. The third kappa shape index (κ3) is 229. The first-order valence-corrected chi connectivity index (χ1v) is 0. The van der Waals surface area contributed by atoms with E-state index < -0.39 is 0 Å². The zero-order valence-corrected chi connectivity index (χ0v) is 5.42. The van der Waals surface area contributed by atoms with E-state index in [9.17, 15) is 0 Å². The van der Waals surface area contributed by atoms with Gasteiger partial charge in [0.1, 0.15) is 0 Å². The van der Waals surface area contributed by atoms with Crippen LogP contribution < -0.4 is 6.15 Å². The van der Waals surface area contributed by atoms with Crippen molar-refractivity contribution in [3.05, 3.63) is 0 Å². The summed E-state index contributed by atoms with van der Waals surface area (Å²) < 4.78 is 0. The summed E-state index contributed by atoms with van der Waals surface area (Å²) in [6.07, 6.45) is 0. The molecule has 0 heterocycles. The van der Waals surface area contributed by atoms with Crippen LogP contribution in [0.2, 0.25) is 0 Å². The Morgan fingerprint density at radius 1 is 0.500 bits per heavy atom. The summed E-state index contributed by atoms with van der Waals surface area (Å²) in [7, 11) is 0. The maximum atomic E-state index is 0. The average molecular weight is 186 g/mol. The molecular weight excluding hydrogens is 174 g/mol. The SMILES string of the molecule is O.O.O.O.[Mo+4].[NH4+]. The first kappa shape index (κ1) is 820. The van der Waals surface area contributed by atoms with Gasteiger partial charge in [-0.3, -0.25) is 0 Å². The van der Waals surface area contributed by atoms with Gasteiger partial charge < -0.3 is 28.1 Å². The van der Waals surface area contributed by atoms with E-state index in [0.717, 1.165) is 0 Å². The molecule has 0 radical (unpaired) electrons. The molecule has 42 valence electrons. The van der Waals surface area contributed by atoms with Crippen LogP contribution in [0.1, 0.15) is 0 Å². The number of quaternary nitrogens is 1. The van der Waals surface area contributed by atoms with Gasteiger partial charge in [0.2, 0.25) is 0 Å². The Hall–Kier alpha value is 0.488. The Balaban J connectivity index is 0. The zero-order valence-electron chi connectivity index (χ0n) is 3.41. The summed E-state index contributed by atoms with van der Waals surface area (Å²) in [4.78, 5) is 0. The molecule has 6 heavy (non-hydrogen) atoms. The molecule has 0 bridgehead atoms. The minimum Gasteiger partial charge on any atom is -0.412 e. The van der Waals surface area contributed by atoms with Gasteiger partial charge in [-0.05, 0) is 0 Å². The van der Waals surface area contributed by atoms with Crippen LogP contribution in [0.5, 0.6) is 0 Å². The van der Waals surface area contributed by atoms with Crippen molar-refractivity contribution in [1.82, 2.24) is 6.15 Å². The van der Waals surface area contributed by atoms with Crippen LogP contribution in [-0.4, -0.2) is 21.9 Å². The summed E-state index contributed by atoms with van der Waals surface area (Å²) in [6.45, 7) is 0. The fourth-order valence-corrected chi connectivity index (χ4v) is 0. The summed E-state index contributed by atoms with van der Waals surface area (Å²) in [5.74, 6) is 0. The van der Waals surface area contributed by atoms with Crippen molar-refractivity contribution in [2.45, 2.75) is 0 Å². The number of hydrogen-bond donors (Lipinski definition) is 1. The van der Waals surface area contributed by atoms with Crippen LogP contribution in [0, 0.1) is 0 Å². The van der Waals surface area contributed by atoms with Crippen LogP contribution in [0.25, 0.3) is 0 Å². The van der Waals surface area contributed by atoms with Crippen LogP contribution in [0.4, 0.5) is 0 Å². The molecule has 0 fully saturated rings. The van der Waals surface area contributed by atoms with Crippen molar-refractivity contribution in [2.24, 2.45) is 0 Å². The maximum absolute atomic E-state index is 0. The Morgan fingerprint density at radius 3 is 0.500 bits per heavy atom. The first-order chi connectivity index (χ1) is 0. The van der Waals surface area contributed by atoms with Crippen molar-refractivity contribution >= 4 is 0 Å². The van der Waals surface area contributed by atoms with Crippen molar-refractivity contribution in [2.75, 3.05) is 0 Å².